The number of nitriles is 1. The van der Waals surface area contributed by atoms with Crippen LogP contribution in [0.2, 0.25) is 0 Å². The second-order valence-electron chi connectivity index (χ2n) is 6.29. The second kappa shape index (κ2) is 6.78. The lowest BCUT2D eigenvalue weighted by Crippen LogP contribution is -2.37. The Morgan fingerprint density at radius 2 is 1.79 bits per heavy atom. The number of hydrogen-bond acceptors (Lipinski definition) is 6. The van der Waals surface area contributed by atoms with Crippen LogP contribution in [0.25, 0.3) is 11.0 Å². The van der Waals surface area contributed by atoms with E-state index in [-0.39, 0.29) is 0 Å². The maximum absolute atomic E-state index is 12.6. The van der Waals surface area contributed by atoms with E-state index >= 15 is 0 Å². The van der Waals surface area contributed by atoms with Gasteiger partial charge >= 0.3 is 0 Å². The summed E-state index contributed by atoms with van der Waals surface area (Å²) in [6.07, 6.45) is 0. The zero-order valence-electron chi connectivity index (χ0n) is 15.6. The van der Waals surface area contributed by atoms with Gasteiger partial charge in [0.2, 0.25) is 17.6 Å². The fourth-order valence-electron chi connectivity index (χ4n) is 3.64. The fourth-order valence-corrected chi connectivity index (χ4v) is 3.64. The topological polar surface area (TPSA) is 98.4 Å². The third-order valence-electron chi connectivity index (χ3n) is 4.87. The Hall–Kier alpha value is -3.73. The molecule has 4 rings (SSSR count). The lowest BCUT2D eigenvalue weighted by atomic mass is 9.91. The van der Waals surface area contributed by atoms with E-state index in [0.717, 1.165) is 11.0 Å². The number of nitrogens with one attached hydrogen (secondary N) is 1. The molecular weight excluding hydrogens is 360 g/mol. The van der Waals surface area contributed by atoms with Gasteiger partial charge in [-0.05, 0) is 29.8 Å². The van der Waals surface area contributed by atoms with Crippen molar-refractivity contribution < 1.29 is 19.0 Å². The van der Waals surface area contributed by atoms with E-state index in [1.165, 1.54) is 21.3 Å². The molecule has 2 atom stereocenters. The quantitative estimate of drug-likeness (QED) is 0.750. The van der Waals surface area contributed by atoms with Gasteiger partial charge in [-0.2, -0.15) is 5.26 Å². The molecule has 0 aliphatic carbocycles. The molecule has 1 aromatic heterocycles. The van der Waals surface area contributed by atoms with Gasteiger partial charge in [-0.15, -0.1) is 0 Å². The lowest BCUT2D eigenvalue weighted by molar-refractivity contribution is -0.119. The minimum absolute atomic E-state index is 0.399. The molecule has 28 heavy (non-hydrogen) atoms. The number of methoxy groups -OCH3 is 3. The van der Waals surface area contributed by atoms with E-state index in [4.69, 9.17) is 14.2 Å². The van der Waals surface area contributed by atoms with Crippen LogP contribution >= 0.6 is 0 Å². The van der Waals surface area contributed by atoms with Crippen molar-refractivity contribution in [2.24, 2.45) is 5.92 Å². The Morgan fingerprint density at radius 3 is 2.39 bits per heavy atom. The van der Waals surface area contributed by atoms with E-state index in [2.05, 4.69) is 16.4 Å². The number of para-hydroxylation sites is 2. The summed E-state index contributed by atoms with van der Waals surface area (Å²) in [5.41, 5.74) is 2.23. The number of aromatic nitrogens is 2. The molecule has 2 unspecified atom stereocenters. The fraction of sp³-hybridized carbons (Fsp3) is 0.250. The summed E-state index contributed by atoms with van der Waals surface area (Å²) in [5, 5.41) is 12.5. The molecule has 1 aliphatic rings. The molecule has 0 radical (unpaired) electrons. The molecule has 1 amide bonds. The number of anilines is 1. The summed E-state index contributed by atoms with van der Waals surface area (Å²) in [7, 11) is 4.57. The van der Waals surface area contributed by atoms with Crippen LogP contribution in [0.5, 0.6) is 17.2 Å². The summed E-state index contributed by atoms with van der Waals surface area (Å²) in [4.78, 5) is 17.1. The van der Waals surface area contributed by atoms with Crippen molar-refractivity contribution in [2.75, 3.05) is 26.6 Å². The Bertz CT molecular complexity index is 1090. The number of carbonyl (C=O) groups is 1. The third kappa shape index (κ3) is 2.52. The minimum Gasteiger partial charge on any atom is -0.493 e. The number of benzene rings is 2. The zero-order chi connectivity index (χ0) is 19.8. The number of carbonyl (C=O) groups excluding carboxylic acids is 1. The molecule has 8 heteroatoms. The van der Waals surface area contributed by atoms with E-state index < -0.39 is 17.9 Å². The predicted octanol–water partition coefficient (Wildman–Crippen LogP) is 2.74. The number of fused-ring (bicyclic) bond motifs is 3. The first-order valence-corrected chi connectivity index (χ1v) is 8.60. The maximum atomic E-state index is 12.6. The highest BCUT2D eigenvalue weighted by Gasteiger charge is 2.39. The van der Waals surface area contributed by atoms with Gasteiger partial charge in [0.05, 0.1) is 44.5 Å². The van der Waals surface area contributed by atoms with Gasteiger partial charge in [0.1, 0.15) is 0 Å². The SMILES string of the molecule is COc1cc(C2C(C#N)C(=O)Nc3nc4ccccc4n32)cc(OC)c1OC. The summed E-state index contributed by atoms with van der Waals surface area (Å²) < 4.78 is 18.2. The van der Waals surface area contributed by atoms with Crippen LogP contribution in [-0.2, 0) is 4.79 Å². The molecule has 8 nitrogen and oxygen atoms in total. The standard InChI is InChI=1S/C20H18N4O4/c1-26-15-8-11(9-16(27-2)18(15)28-3)17-12(10-21)19(25)23-20-22-13-6-4-5-7-14(13)24(17)20/h4-9,12,17H,1-3H3,(H,22,23,25). The van der Waals surface area contributed by atoms with Crippen molar-refractivity contribution >= 4 is 22.9 Å². The zero-order valence-corrected chi connectivity index (χ0v) is 15.6. The van der Waals surface area contributed by atoms with Crippen LogP contribution in [0.1, 0.15) is 11.6 Å². The number of amides is 1. The molecule has 1 aliphatic heterocycles. The van der Waals surface area contributed by atoms with Crippen LogP contribution in [0.15, 0.2) is 36.4 Å². The normalized spacial score (nSPS) is 18.1. The van der Waals surface area contributed by atoms with Gasteiger partial charge in [-0.3, -0.25) is 10.1 Å². The van der Waals surface area contributed by atoms with E-state index in [0.29, 0.717) is 28.8 Å². The lowest BCUT2D eigenvalue weighted by Gasteiger charge is -2.30. The molecular formula is C20H18N4O4. The first-order valence-electron chi connectivity index (χ1n) is 8.60. The molecule has 2 heterocycles. The van der Waals surface area contributed by atoms with Gasteiger partial charge in [-0.25, -0.2) is 4.98 Å². The maximum Gasteiger partial charge on any atom is 0.246 e. The van der Waals surface area contributed by atoms with Gasteiger partial charge in [0.25, 0.3) is 0 Å². The molecule has 3 aromatic rings. The molecule has 1 N–H and O–H groups in total. The van der Waals surface area contributed by atoms with Crippen molar-refractivity contribution in [3.63, 3.8) is 0 Å². The first kappa shape index (κ1) is 17.7. The number of ether oxygens (including phenoxy) is 3. The molecule has 0 spiro atoms. The highest BCUT2D eigenvalue weighted by molar-refractivity contribution is 5.97. The average Bonchev–Trinajstić information content (AvgIpc) is 3.09. The van der Waals surface area contributed by atoms with Gasteiger partial charge in [-0.1, -0.05) is 12.1 Å². The van der Waals surface area contributed by atoms with Crippen LogP contribution < -0.4 is 19.5 Å². The Balaban J connectivity index is 2.01. The Morgan fingerprint density at radius 1 is 1.11 bits per heavy atom. The van der Waals surface area contributed by atoms with Gasteiger partial charge in [0, 0.05) is 0 Å². The van der Waals surface area contributed by atoms with Crippen LogP contribution in [0.3, 0.4) is 0 Å². The molecule has 0 saturated carbocycles. The first-order chi connectivity index (χ1) is 13.6. The third-order valence-corrected chi connectivity index (χ3v) is 4.87. The Labute approximate surface area is 161 Å². The summed E-state index contributed by atoms with van der Waals surface area (Å²) >= 11 is 0. The van der Waals surface area contributed by atoms with E-state index in [1.807, 2.05) is 28.8 Å². The van der Waals surface area contributed by atoms with Crippen molar-refractivity contribution in [2.45, 2.75) is 6.04 Å². The highest BCUT2D eigenvalue weighted by Crippen LogP contribution is 2.44. The number of nitrogens with zero attached hydrogens (tertiary/aromatic N) is 3. The average molecular weight is 378 g/mol. The van der Waals surface area contributed by atoms with Crippen molar-refractivity contribution in [3.05, 3.63) is 42.0 Å². The monoisotopic (exact) mass is 378 g/mol. The van der Waals surface area contributed by atoms with Crippen LogP contribution in [-0.4, -0.2) is 36.8 Å². The van der Waals surface area contributed by atoms with Crippen molar-refractivity contribution in [1.82, 2.24) is 9.55 Å². The van der Waals surface area contributed by atoms with E-state index in [9.17, 15) is 10.1 Å². The largest absolute Gasteiger partial charge is 0.493 e. The Kier molecular flexibility index (Phi) is 4.28. The number of hydrogen-bond donors (Lipinski definition) is 1. The summed E-state index contributed by atoms with van der Waals surface area (Å²) in [6, 6.07) is 12.6. The van der Waals surface area contributed by atoms with Crippen molar-refractivity contribution in [1.29, 1.82) is 5.26 Å². The molecule has 0 saturated heterocycles. The number of rotatable bonds is 4. The van der Waals surface area contributed by atoms with Gasteiger partial charge in [0.15, 0.2) is 17.4 Å². The molecule has 142 valence electrons. The van der Waals surface area contributed by atoms with Crippen molar-refractivity contribution in [3.8, 4) is 23.3 Å². The van der Waals surface area contributed by atoms with Crippen LogP contribution in [0, 0.1) is 17.2 Å². The predicted molar refractivity (Wildman–Crippen MR) is 102 cm³/mol. The molecule has 2 aromatic carbocycles. The highest BCUT2D eigenvalue weighted by atomic mass is 16.5. The summed E-state index contributed by atoms with van der Waals surface area (Å²) in [5.74, 6) is 0.391. The smallest absolute Gasteiger partial charge is 0.246 e. The molecule has 0 fully saturated rings. The van der Waals surface area contributed by atoms with Gasteiger partial charge < -0.3 is 18.8 Å². The van der Waals surface area contributed by atoms with E-state index in [1.54, 1.807) is 12.1 Å². The summed E-state index contributed by atoms with van der Waals surface area (Å²) in [6.45, 7) is 0. The number of imidazole rings is 1. The minimum atomic E-state index is -0.951. The molecule has 0 bridgehead atoms. The van der Waals surface area contributed by atoms with Crippen LogP contribution in [0.4, 0.5) is 5.95 Å². The second-order valence-corrected chi connectivity index (χ2v) is 6.29.